The Morgan fingerprint density at radius 3 is 2.87 bits per heavy atom. The minimum absolute atomic E-state index is 0.156. The molecule has 0 aliphatic carbocycles. The minimum atomic E-state index is -1.10. The fourth-order valence-electron chi connectivity index (χ4n) is 3.54. The van der Waals surface area contributed by atoms with Gasteiger partial charge >= 0.3 is 0 Å². The first-order chi connectivity index (χ1) is 14.4. The lowest BCUT2D eigenvalue weighted by molar-refractivity contribution is -0.118. The number of para-hydroxylation sites is 1. The highest BCUT2D eigenvalue weighted by Crippen LogP contribution is 2.28. The molecule has 8 nitrogen and oxygen atoms in total. The fraction of sp³-hybridized carbons (Fsp3) is 0.500. The number of rotatable bonds is 8. The van der Waals surface area contributed by atoms with Gasteiger partial charge in [0.2, 0.25) is 5.91 Å². The van der Waals surface area contributed by atoms with Crippen LogP contribution < -0.4 is 15.5 Å². The average Bonchev–Trinajstić information content (AvgIpc) is 3.36. The Labute approximate surface area is 178 Å². The molecule has 0 saturated heterocycles. The van der Waals surface area contributed by atoms with Crippen LogP contribution in [0.3, 0.4) is 0 Å². The quantitative estimate of drug-likeness (QED) is 0.347. The van der Waals surface area contributed by atoms with Crippen LogP contribution in [0.25, 0.3) is 0 Å². The SMILES string of the molecule is CCNC(=NCC(C)(O)c1cnn(C)c1)NCCCC(=O)N1CCc2ccccc21. The molecule has 1 amide bonds. The number of aromatic nitrogens is 2. The second-order valence-electron chi connectivity index (χ2n) is 7.83. The zero-order valence-corrected chi connectivity index (χ0v) is 18.1. The maximum atomic E-state index is 12.6. The minimum Gasteiger partial charge on any atom is -0.383 e. The molecule has 8 heteroatoms. The number of nitrogens with one attached hydrogen (secondary N) is 2. The number of benzene rings is 1. The summed E-state index contributed by atoms with van der Waals surface area (Å²) in [6, 6.07) is 8.10. The van der Waals surface area contributed by atoms with Crippen molar-refractivity contribution in [2.75, 3.05) is 31.1 Å². The van der Waals surface area contributed by atoms with Crippen molar-refractivity contribution >= 4 is 17.6 Å². The van der Waals surface area contributed by atoms with E-state index in [0.717, 1.165) is 24.2 Å². The van der Waals surface area contributed by atoms with E-state index >= 15 is 0 Å². The molecular formula is C22H32N6O2. The number of guanidine groups is 1. The van der Waals surface area contributed by atoms with Gasteiger partial charge in [-0.05, 0) is 38.3 Å². The van der Waals surface area contributed by atoms with E-state index in [4.69, 9.17) is 0 Å². The van der Waals surface area contributed by atoms with Crippen molar-refractivity contribution in [3.8, 4) is 0 Å². The molecular weight excluding hydrogens is 380 g/mol. The largest absolute Gasteiger partial charge is 0.383 e. The molecule has 1 aromatic carbocycles. The summed E-state index contributed by atoms with van der Waals surface area (Å²) in [6.45, 7) is 6.03. The van der Waals surface area contributed by atoms with Crippen LogP contribution in [0.15, 0.2) is 41.7 Å². The Morgan fingerprint density at radius 1 is 1.33 bits per heavy atom. The molecule has 30 heavy (non-hydrogen) atoms. The number of fused-ring (bicyclic) bond motifs is 1. The number of anilines is 1. The molecule has 3 N–H and O–H groups in total. The highest BCUT2D eigenvalue weighted by atomic mass is 16.3. The van der Waals surface area contributed by atoms with Crippen LogP contribution in [-0.4, -0.2) is 52.9 Å². The zero-order valence-electron chi connectivity index (χ0n) is 18.1. The zero-order chi connectivity index (χ0) is 21.6. The van der Waals surface area contributed by atoms with Crippen molar-refractivity contribution in [2.24, 2.45) is 12.0 Å². The molecule has 1 atom stereocenters. The van der Waals surface area contributed by atoms with Gasteiger partial charge in [0, 0.05) is 50.6 Å². The molecule has 1 aliphatic heterocycles. The van der Waals surface area contributed by atoms with E-state index in [9.17, 15) is 9.90 Å². The highest BCUT2D eigenvalue weighted by Gasteiger charge is 2.25. The number of aryl methyl sites for hydroxylation is 1. The smallest absolute Gasteiger partial charge is 0.227 e. The molecule has 1 unspecified atom stereocenters. The molecule has 0 bridgehead atoms. The van der Waals surface area contributed by atoms with Gasteiger partial charge < -0.3 is 20.6 Å². The second kappa shape index (κ2) is 9.75. The van der Waals surface area contributed by atoms with E-state index < -0.39 is 5.60 Å². The average molecular weight is 413 g/mol. The normalized spacial score (nSPS) is 15.6. The third-order valence-electron chi connectivity index (χ3n) is 5.26. The Bertz CT molecular complexity index is 889. The summed E-state index contributed by atoms with van der Waals surface area (Å²) in [5.74, 6) is 0.781. The topological polar surface area (TPSA) is 94.8 Å². The van der Waals surface area contributed by atoms with Crippen LogP contribution >= 0.6 is 0 Å². The maximum Gasteiger partial charge on any atom is 0.227 e. The van der Waals surface area contributed by atoms with E-state index in [1.165, 1.54) is 5.56 Å². The van der Waals surface area contributed by atoms with Crippen molar-refractivity contribution in [3.05, 3.63) is 47.8 Å². The summed E-state index contributed by atoms with van der Waals surface area (Å²) in [5.41, 5.74) is 1.91. The lowest BCUT2D eigenvalue weighted by Crippen LogP contribution is -2.39. The second-order valence-corrected chi connectivity index (χ2v) is 7.83. The molecule has 0 spiro atoms. The van der Waals surface area contributed by atoms with Gasteiger partial charge in [0.05, 0.1) is 12.7 Å². The van der Waals surface area contributed by atoms with Crippen molar-refractivity contribution < 1.29 is 9.90 Å². The lowest BCUT2D eigenvalue weighted by atomic mass is 10.0. The van der Waals surface area contributed by atoms with E-state index in [1.54, 1.807) is 24.0 Å². The monoisotopic (exact) mass is 412 g/mol. The van der Waals surface area contributed by atoms with Gasteiger partial charge in [-0.1, -0.05) is 18.2 Å². The third kappa shape index (κ3) is 5.38. The number of amides is 1. The third-order valence-corrected chi connectivity index (χ3v) is 5.26. The van der Waals surface area contributed by atoms with Crippen LogP contribution in [0.2, 0.25) is 0 Å². The van der Waals surface area contributed by atoms with Crippen molar-refractivity contribution in [3.63, 3.8) is 0 Å². The number of aliphatic hydroxyl groups is 1. The summed E-state index contributed by atoms with van der Waals surface area (Å²) in [6.07, 6.45) is 5.55. The summed E-state index contributed by atoms with van der Waals surface area (Å²) in [5, 5.41) is 21.2. The predicted octanol–water partition coefficient (Wildman–Crippen LogP) is 1.55. The molecule has 3 rings (SSSR count). The van der Waals surface area contributed by atoms with Crippen molar-refractivity contribution in [2.45, 2.75) is 38.7 Å². The lowest BCUT2D eigenvalue weighted by Gasteiger charge is -2.21. The van der Waals surface area contributed by atoms with Crippen molar-refractivity contribution in [1.82, 2.24) is 20.4 Å². The summed E-state index contributed by atoms with van der Waals surface area (Å²) < 4.78 is 1.66. The summed E-state index contributed by atoms with van der Waals surface area (Å²) >= 11 is 0. The van der Waals surface area contributed by atoms with E-state index in [-0.39, 0.29) is 12.5 Å². The first-order valence-electron chi connectivity index (χ1n) is 10.5. The van der Waals surface area contributed by atoms with Gasteiger partial charge in [0.1, 0.15) is 5.60 Å². The van der Waals surface area contributed by atoms with Crippen molar-refractivity contribution in [1.29, 1.82) is 0 Å². The van der Waals surface area contributed by atoms with E-state index in [1.807, 2.05) is 37.1 Å². The van der Waals surface area contributed by atoms with Crippen LogP contribution in [-0.2, 0) is 23.9 Å². The molecule has 0 radical (unpaired) electrons. The Morgan fingerprint density at radius 2 is 2.13 bits per heavy atom. The number of aliphatic imine (C=N–C) groups is 1. The molecule has 0 fully saturated rings. The fourth-order valence-corrected chi connectivity index (χ4v) is 3.54. The van der Waals surface area contributed by atoms with Crippen LogP contribution in [0.1, 0.15) is 37.8 Å². The molecule has 1 aliphatic rings. The van der Waals surface area contributed by atoms with Gasteiger partial charge in [0.25, 0.3) is 0 Å². The Kier molecular flexibility index (Phi) is 7.10. The maximum absolute atomic E-state index is 12.6. The summed E-state index contributed by atoms with van der Waals surface area (Å²) in [4.78, 5) is 19.0. The first kappa shape index (κ1) is 21.8. The highest BCUT2D eigenvalue weighted by molar-refractivity contribution is 5.95. The van der Waals surface area contributed by atoms with E-state index in [2.05, 4.69) is 26.8 Å². The number of hydrogen-bond donors (Lipinski definition) is 3. The molecule has 2 heterocycles. The van der Waals surface area contributed by atoms with Gasteiger partial charge in [-0.2, -0.15) is 5.10 Å². The van der Waals surface area contributed by atoms with Gasteiger partial charge in [0.15, 0.2) is 5.96 Å². The number of hydrogen-bond acceptors (Lipinski definition) is 4. The Hall–Kier alpha value is -2.87. The van der Waals surface area contributed by atoms with Gasteiger partial charge in [-0.15, -0.1) is 0 Å². The standard InChI is InChI=1S/C22H32N6O2/c1-4-23-21(25-16-22(2,30)18-14-26-27(3)15-18)24-12-7-10-20(29)28-13-11-17-8-5-6-9-19(17)28/h5-6,8-9,14-15,30H,4,7,10-13,16H2,1-3H3,(H2,23,24,25). The number of carbonyl (C=O) groups excluding carboxylic acids is 1. The molecule has 2 aromatic rings. The first-order valence-corrected chi connectivity index (χ1v) is 10.5. The Balaban J connectivity index is 1.48. The molecule has 162 valence electrons. The molecule has 0 saturated carbocycles. The summed E-state index contributed by atoms with van der Waals surface area (Å²) in [7, 11) is 1.82. The van der Waals surface area contributed by atoms with Crippen LogP contribution in [0, 0.1) is 0 Å². The van der Waals surface area contributed by atoms with Gasteiger partial charge in [-0.25, -0.2) is 4.99 Å². The van der Waals surface area contributed by atoms with Gasteiger partial charge in [-0.3, -0.25) is 9.48 Å². The van der Waals surface area contributed by atoms with E-state index in [0.29, 0.717) is 31.9 Å². The molecule has 1 aromatic heterocycles. The van der Waals surface area contributed by atoms with Crippen LogP contribution in [0.4, 0.5) is 5.69 Å². The predicted molar refractivity (Wildman–Crippen MR) is 118 cm³/mol. The number of nitrogens with zero attached hydrogens (tertiary/aromatic N) is 4. The number of carbonyl (C=O) groups is 1. The van der Waals surface area contributed by atoms with Crippen LogP contribution in [0.5, 0.6) is 0 Å².